The predicted octanol–water partition coefficient (Wildman–Crippen LogP) is 2.42. The van der Waals surface area contributed by atoms with Crippen LogP contribution in [0, 0.1) is 6.92 Å². The first-order valence-corrected chi connectivity index (χ1v) is 6.31. The summed E-state index contributed by atoms with van der Waals surface area (Å²) in [6.07, 6.45) is 0. The highest BCUT2D eigenvalue weighted by Crippen LogP contribution is 2.30. The molecular weight excluding hydrogens is 246 g/mol. The highest BCUT2D eigenvalue weighted by molar-refractivity contribution is 5.99. The van der Waals surface area contributed by atoms with Crippen LogP contribution in [0.15, 0.2) is 0 Å². The zero-order chi connectivity index (χ0) is 14.7. The number of hydrogen-bond donors (Lipinski definition) is 0. The van der Waals surface area contributed by atoms with Gasteiger partial charge in [0.1, 0.15) is 5.69 Å². The number of carbonyl (C=O) groups excluding carboxylic acids is 2. The maximum absolute atomic E-state index is 12.1. The fraction of sp³-hybridized carbons (Fsp3) is 0.571. The molecule has 0 saturated heterocycles. The van der Waals surface area contributed by atoms with E-state index < -0.39 is 11.9 Å². The van der Waals surface area contributed by atoms with Crippen molar-refractivity contribution in [2.75, 3.05) is 13.7 Å². The Hall–Kier alpha value is -1.78. The van der Waals surface area contributed by atoms with E-state index in [1.165, 1.54) is 7.11 Å². The van der Waals surface area contributed by atoms with Gasteiger partial charge in [0.25, 0.3) is 0 Å². The molecular formula is C14H21NO4. The molecule has 106 valence electrons. The molecule has 0 saturated carbocycles. The van der Waals surface area contributed by atoms with Crippen molar-refractivity contribution >= 4 is 11.9 Å². The molecule has 0 aromatic carbocycles. The van der Waals surface area contributed by atoms with E-state index in [9.17, 15) is 9.59 Å². The molecule has 1 rings (SSSR count). The topological polar surface area (TPSA) is 57.5 Å². The van der Waals surface area contributed by atoms with Crippen LogP contribution in [0.5, 0.6) is 0 Å². The number of methoxy groups -OCH3 is 1. The minimum atomic E-state index is -0.424. The summed E-state index contributed by atoms with van der Waals surface area (Å²) in [5.74, 6) is -0.812. The molecule has 0 aliphatic rings. The van der Waals surface area contributed by atoms with Crippen molar-refractivity contribution in [3.05, 3.63) is 22.5 Å². The Labute approximate surface area is 113 Å². The maximum atomic E-state index is 12.1. The van der Waals surface area contributed by atoms with Crippen LogP contribution in [-0.4, -0.2) is 30.2 Å². The van der Waals surface area contributed by atoms with Gasteiger partial charge in [0.05, 0.1) is 19.3 Å². The highest BCUT2D eigenvalue weighted by Gasteiger charge is 2.30. The fourth-order valence-corrected chi connectivity index (χ4v) is 2.20. The average molecular weight is 267 g/mol. The standard InChI is InChI=1S/C14H21NO4/c1-7-19-14(17)12-10(8(2)3)11(13(16)18-6)9(4)15(12)5/h8H,7H2,1-6H3. The molecule has 1 aromatic heterocycles. The normalized spacial score (nSPS) is 10.7. The second-order valence-electron chi connectivity index (χ2n) is 4.65. The van der Waals surface area contributed by atoms with Gasteiger partial charge < -0.3 is 14.0 Å². The molecule has 0 bridgehead atoms. The van der Waals surface area contributed by atoms with Crippen LogP contribution >= 0.6 is 0 Å². The summed E-state index contributed by atoms with van der Waals surface area (Å²) < 4.78 is 11.6. The molecule has 0 aliphatic heterocycles. The van der Waals surface area contributed by atoms with Gasteiger partial charge >= 0.3 is 11.9 Å². The number of aromatic nitrogens is 1. The van der Waals surface area contributed by atoms with E-state index in [-0.39, 0.29) is 5.92 Å². The lowest BCUT2D eigenvalue weighted by Gasteiger charge is -2.10. The molecule has 19 heavy (non-hydrogen) atoms. The smallest absolute Gasteiger partial charge is 0.355 e. The van der Waals surface area contributed by atoms with Crippen molar-refractivity contribution in [3.8, 4) is 0 Å². The molecule has 0 atom stereocenters. The van der Waals surface area contributed by atoms with E-state index in [0.29, 0.717) is 29.1 Å². The molecule has 1 aromatic rings. The van der Waals surface area contributed by atoms with Crippen LogP contribution in [-0.2, 0) is 16.5 Å². The van der Waals surface area contributed by atoms with Crippen LogP contribution in [0.1, 0.15) is 58.8 Å². The molecule has 5 heteroatoms. The zero-order valence-electron chi connectivity index (χ0n) is 12.4. The quantitative estimate of drug-likeness (QED) is 0.786. The van der Waals surface area contributed by atoms with E-state index in [0.717, 1.165) is 0 Å². The summed E-state index contributed by atoms with van der Waals surface area (Å²) in [5, 5.41) is 0. The molecule has 0 unspecified atom stereocenters. The zero-order valence-corrected chi connectivity index (χ0v) is 12.4. The maximum Gasteiger partial charge on any atom is 0.355 e. The first-order chi connectivity index (χ1) is 8.86. The van der Waals surface area contributed by atoms with Crippen molar-refractivity contribution in [1.29, 1.82) is 0 Å². The first-order valence-electron chi connectivity index (χ1n) is 6.31. The number of carbonyl (C=O) groups is 2. The predicted molar refractivity (Wildman–Crippen MR) is 71.5 cm³/mol. The molecule has 0 fully saturated rings. The minimum absolute atomic E-state index is 0.0217. The first kappa shape index (κ1) is 15.3. The summed E-state index contributed by atoms with van der Waals surface area (Å²) in [6, 6.07) is 0. The van der Waals surface area contributed by atoms with Crippen molar-refractivity contribution in [2.24, 2.45) is 7.05 Å². The number of nitrogens with zero attached hydrogens (tertiary/aromatic N) is 1. The van der Waals surface area contributed by atoms with Crippen LogP contribution in [0.25, 0.3) is 0 Å². The Morgan fingerprint density at radius 3 is 2.26 bits per heavy atom. The number of esters is 2. The van der Waals surface area contributed by atoms with Crippen LogP contribution in [0.3, 0.4) is 0 Å². The largest absolute Gasteiger partial charge is 0.465 e. The van der Waals surface area contributed by atoms with E-state index in [1.54, 1.807) is 25.5 Å². The molecule has 0 spiro atoms. The minimum Gasteiger partial charge on any atom is -0.465 e. The van der Waals surface area contributed by atoms with Crippen molar-refractivity contribution in [3.63, 3.8) is 0 Å². The van der Waals surface area contributed by atoms with Crippen molar-refractivity contribution < 1.29 is 19.1 Å². The van der Waals surface area contributed by atoms with Gasteiger partial charge in [-0.15, -0.1) is 0 Å². The Morgan fingerprint density at radius 2 is 1.84 bits per heavy atom. The molecule has 0 N–H and O–H groups in total. The van der Waals surface area contributed by atoms with E-state index in [4.69, 9.17) is 9.47 Å². The lowest BCUT2D eigenvalue weighted by Crippen LogP contribution is -2.13. The SMILES string of the molecule is CCOC(=O)c1c(C(C)C)c(C(=O)OC)c(C)n1C. The molecule has 1 heterocycles. The third-order valence-electron chi connectivity index (χ3n) is 3.16. The third kappa shape index (κ3) is 2.64. The van der Waals surface area contributed by atoms with Gasteiger partial charge in [-0.25, -0.2) is 9.59 Å². The van der Waals surface area contributed by atoms with Crippen LogP contribution in [0.4, 0.5) is 0 Å². The highest BCUT2D eigenvalue weighted by atomic mass is 16.5. The van der Waals surface area contributed by atoms with Gasteiger partial charge in [0, 0.05) is 18.3 Å². The number of hydrogen-bond acceptors (Lipinski definition) is 4. The summed E-state index contributed by atoms with van der Waals surface area (Å²) in [5.41, 5.74) is 2.28. The second kappa shape index (κ2) is 5.91. The van der Waals surface area contributed by atoms with E-state index in [2.05, 4.69) is 0 Å². The van der Waals surface area contributed by atoms with Gasteiger partial charge in [0.2, 0.25) is 0 Å². The Balaban J connectivity index is 3.55. The molecule has 0 amide bonds. The molecule has 5 nitrogen and oxygen atoms in total. The summed E-state index contributed by atoms with van der Waals surface area (Å²) in [7, 11) is 3.09. The fourth-order valence-electron chi connectivity index (χ4n) is 2.20. The Bertz CT molecular complexity index is 500. The average Bonchev–Trinajstić information content (AvgIpc) is 2.62. The van der Waals surface area contributed by atoms with Crippen molar-refractivity contribution in [2.45, 2.75) is 33.6 Å². The number of rotatable bonds is 4. The van der Waals surface area contributed by atoms with Gasteiger partial charge in [0.15, 0.2) is 0 Å². The van der Waals surface area contributed by atoms with Gasteiger partial charge in [-0.2, -0.15) is 0 Å². The lowest BCUT2D eigenvalue weighted by molar-refractivity contribution is 0.0513. The monoisotopic (exact) mass is 267 g/mol. The summed E-state index contributed by atoms with van der Waals surface area (Å²) in [4.78, 5) is 24.0. The van der Waals surface area contributed by atoms with E-state index in [1.807, 2.05) is 13.8 Å². The number of ether oxygens (including phenoxy) is 2. The third-order valence-corrected chi connectivity index (χ3v) is 3.16. The van der Waals surface area contributed by atoms with Crippen molar-refractivity contribution in [1.82, 2.24) is 4.57 Å². The van der Waals surface area contributed by atoms with Crippen LogP contribution in [0.2, 0.25) is 0 Å². The molecule has 0 aliphatic carbocycles. The summed E-state index contributed by atoms with van der Waals surface area (Å²) >= 11 is 0. The molecule has 0 radical (unpaired) electrons. The van der Waals surface area contributed by atoms with Gasteiger partial charge in [-0.3, -0.25) is 0 Å². The van der Waals surface area contributed by atoms with Gasteiger partial charge in [-0.1, -0.05) is 13.8 Å². The van der Waals surface area contributed by atoms with Crippen LogP contribution < -0.4 is 0 Å². The van der Waals surface area contributed by atoms with Gasteiger partial charge in [-0.05, 0) is 19.8 Å². The Morgan fingerprint density at radius 1 is 1.26 bits per heavy atom. The second-order valence-corrected chi connectivity index (χ2v) is 4.65. The Kier molecular flexibility index (Phi) is 4.75. The summed E-state index contributed by atoms with van der Waals surface area (Å²) in [6.45, 7) is 7.72. The van der Waals surface area contributed by atoms with E-state index >= 15 is 0 Å². The lowest BCUT2D eigenvalue weighted by atomic mass is 9.97.